The van der Waals surface area contributed by atoms with E-state index in [-0.39, 0.29) is 17.4 Å². The molecule has 1 aliphatic heterocycles. The summed E-state index contributed by atoms with van der Waals surface area (Å²) in [5, 5.41) is 4.91. The molecule has 0 bridgehead atoms. The van der Waals surface area contributed by atoms with Gasteiger partial charge in [-0.05, 0) is 44.0 Å². The molecule has 2 aromatic rings. The van der Waals surface area contributed by atoms with E-state index in [1.165, 1.54) is 0 Å². The maximum atomic E-state index is 6.19. The highest BCUT2D eigenvalue weighted by Gasteiger charge is 2.52. The van der Waals surface area contributed by atoms with Crippen LogP contribution >= 0.6 is 11.6 Å². The molecule has 2 atom stereocenters. The second kappa shape index (κ2) is 6.02. The topological polar surface area (TPSA) is 83.4 Å². The third kappa shape index (κ3) is 2.49. The SMILES string of the molecule is COc1ccc(Cl)cc1C1(c2noc([C@H]3OCC[C@H]3CN)n2)CC1. The van der Waals surface area contributed by atoms with Crippen LogP contribution in [0.2, 0.25) is 5.02 Å². The molecule has 1 aromatic heterocycles. The second-order valence-electron chi connectivity index (χ2n) is 6.46. The lowest BCUT2D eigenvalue weighted by Crippen LogP contribution is -2.18. The smallest absolute Gasteiger partial charge is 0.256 e. The number of hydrogen-bond acceptors (Lipinski definition) is 6. The van der Waals surface area contributed by atoms with Crippen molar-refractivity contribution in [3.63, 3.8) is 0 Å². The fourth-order valence-corrected chi connectivity index (χ4v) is 3.66. The molecule has 24 heavy (non-hydrogen) atoms. The van der Waals surface area contributed by atoms with E-state index < -0.39 is 0 Å². The zero-order chi connectivity index (χ0) is 16.7. The zero-order valence-corrected chi connectivity index (χ0v) is 14.3. The third-order valence-corrected chi connectivity index (χ3v) is 5.29. The van der Waals surface area contributed by atoms with Crippen LogP contribution in [0.3, 0.4) is 0 Å². The van der Waals surface area contributed by atoms with Crippen LogP contribution in [-0.2, 0) is 10.2 Å². The van der Waals surface area contributed by atoms with E-state index in [2.05, 4.69) is 10.1 Å². The molecule has 7 heteroatoms. The molecule has 1 aromatic carbocycles. The number of hydrogen-bond donors (Lipinski definition) is 1. The van der Waals surface area contributed by atoms with E-state index in [9.17, 15) is 0 Å². The molecular weight excluding hydrogens is 330 g/mol. The molecule has 0 unspecified atom stereocenters. The van der Waals surface area contributed by atoms with Crippen LogP contribution in [0.15, 0.2) is 22.7 Å². The van der Waals surface area contributed by atoms with Gasteiger partial charge < -0.3 is 19.7 Å². The molecule has 2 N–H and O–H groups in total. The Morgan fingerprint density at radius 3 is 2.96 bits per heavy atom. The van der Waals surface area contributed by atoms with E-state index in [0.29, 0.717) is 29.9 Å². The normalized spacial score (nSPS) is 25.0. The fraction of sp³-hybridized carbons (Fsp3) is 0.529. The molecule has 4 rings (SSSR count). The van der Waals surface area contributed by atoms with Gasteiger partial charge in [0.25, 0.3) is 5.89 Å². The second-order valence-corrected chi connectivity index (χ2v) is 6.90. The van der Waals surface area contributed by atoms with Crippen LogP contribution in [0.1, 0.15) is 42.6 Å². The van der Waals surface area contributed by atoms with Crippen molar-refractivity contribution in [2.24, 2.45) is 11.7 Å². The van der Waals surface area contributed by atoms with Gasteiger partial charge in [0.1, 0.15) is 11.9 Å². The van der Waals surface area contributed by atoms with Crippen LogP contribution in [0.4, 0.5) is 0 Å². The number of methoxy groups -OCH3 is 1. The Balaban J connectivity index is 1.68. The Morgan fingerprint density at radius 2 is 2.25 bits per heavy atom. The number of halogens is 1. The van der Waals surface area contributed by atoms with Gasteiger partial charge in [0.2, 0.25) is 0 Å². The van der Waals surface area contributed by atoms with Gasteiger partial charge in [0.05, 0.1) is 12.5 Å². The van der Waals surface area contributed by atoms with Gasteiger partial charge in [-0.3, -0.25) is 0 Å². The first-order valence-electron chi connectivity index (χ1n) is 8.18. The molecule has 6 nitrogen and oxygen atoms in total. The van der Waals surface area contributed by atoms with Crippen LogP contribution in [-0.4, -0.2) is 30.4 Å². The monoisotopic (exact) mass is 349 g/mol. The van der Waals surface area contributed by atoms with Crippen molar-refractivity contribution in [3.05, 3.63) is 40.5 Å². The van der Waals surface area contributed by atoms with Gasteiger partial charge in [0, 0.05) is 23.1 Å². The van der Waals surface area contributed by atoms with Gasteiger partial charge in [-0.1, -0.05) is 16.8 Å². The van der Waals surface area contributed by atoms with Crippen molar-refractivity contribution in [1.29, 1.82) is 0 Å². The molecule has 1 aliphatic carbocycles. The van der Waals surface area contributed by atoms with Crippen molar-refractivity contribution < 1.29 is 14.0 Å². The van der Waals surface area contributed by atoms with E-state index >= 15 is 0 Å². The van der Waals surface area contributed by atoms with Gasteiger partial charge in [-0.15, -0.1) is 0 Å². The number of ether oxygens (including phenoxy) is 2. The lowest BCUT2D eigenvalue weighted by Gasteiger charge is -2.16. The van der Waals surface area contributed by atoms with E-state index in [4.69, 9.17) is 31.3 Å². The van der Waals surface area contributed by atoms with Crippen LogP contribution in [0.25, 0.3) is 0 Å². The highest BCUT2D eigenvalue weighted by Crippen LogP contribution is 2.55. The lowest BCUT2D eigenvalue weighted by molar-refractivity contribution is 0.0642. The summed E-state index contributed by atoms with van der Waals surface area (Å²) in [5.41, 5.74) is 6.54. The molecule has 1 saturated carbocycles. The maximum absolute atomic E-state index is 6.19. The average molecular weight is 350 g/mol. The van der Waals surface area contributed by atoms with Crippen LogP contribution in [0, 0.1) is 5.92 Å². The predicted molar refractivity (Wildman–Crippen MR) is 88.2 cm³/mol. The molecule has 2 heterocycles. The summed E-state index contributed by atoms with van der Waals surface area (Å²) in [6.45, 7) is 1.23. The first kappa shape index (κ1) is 15.9. The van der Waals surface area contributed by atoms with Gasteiger partial charge in [-0.2, -0.15) is 4.98 Å². The van der Waals surface area contributed by atoms with Gasteiger partial charge in [0.15, 0.2) is 5.82 Å². The van der Waals surface area contributed by atoms with Crippen molar-refractivity contribution in [2.75, 3.05) is 20.3 Å². The highest BCUT2D eigenvalue weighted by atomic mass is 35.5. The van der Waals surface area contributed by atoms with E-state index in [0.717, 1.165) is 30.6 Å². The number of aromatic nitrogens is 2. The Bertz CT molecular complexity index is 744. The summed E-state index contributed by atoms with van der Waals surface area (Å²) >= 11 is 6.19. The molecule has 0 amide bonds. The molecule has 0 radical (unpaired) electrons. The Kier molecular flexibility index (Phi) is 3.98. The Morgan fingerprint density at radius 1 is 1.42 bits per heavy atom. The zero-order valence-electron chi connectivity index (χ0n) is 13.5. The Labute approximate surface area is 145 Å². The average Bonchev–Trinajstić information content (AvgIpc) is 3.04. The van der Waals surface area contributed by atoms with Crippen molar-refractivity contribution in [2.45, 2.75) is 30.8 Å². The molecule has 1 saturated heterocycles. The van der Waals surface area contributed by atoms with Crippen LogP contribution < -0.4 is 10.5 Å². The fourth-order valence-electron chi connectivity index (χ4n) is 3.49. The van der Waals surface area contributed by atoms with Crippen molar-refractivity contribution >= 4 is 11.6 Å². The molecule has 2 aliphatic rings. The summed E-state index contributed by atoms with van der Waals surface area (Å²) in [4.78, 5) is 4.65. The summed E-state index contributed by atoms with van der Waals surface area (Å²) in [6.07, 6.45) is 2.60. The first-order chi connectivity index (χ1) is 11.7. The van der Waals surface area contributed by atoms with Crippen LogP contribution in [0.5, 0.6) is 5.75 Å². The summed E-state index contributed by atoms with van der Waals surface area (Å²) < 4.78 is 16.8. The van der Waals surface area contributed by atoms with Crippen molar-refractivity contribution in [1.82, 2.24) is 10.1 Å². The number of rotatable bonds is 5. The molecule has 128 valence electrons. The van der Waals surface area contributed by atoms with Crippen molar-refractivity contribution in [3.8, 4) is 5.75 Å². The standard InChI is InChI=1S/C17H20ClN3O3/c1-22-13-3-2-11(18)8-12(13)17(5-6-17)16-20-15(24-21-16)14-10(9-19)4-7-23-14/h2-3,8,10,14H,4-7,9,19H2,1H3/t10-,14-/m0/s1. The van der Waals surface area contributed by atoms with Gasteiger partial charge in [-0.25, -0.2) is 0 Å². The highest BCUT2D eigenvalue weighted by molar-refractivity contribution is 6.30. The minimum atomic E-state index is -0.283. The van der Waals surface area contributed by atoms with Gasteiger partial charge >= 0.3 is 0 Å². The quantitative estimate of drug-likeness (QED) is 0.893. The summed E-state index contributed by atoms with van der Waals surface area (Å²) in [6, 6.07) is 5.63. The first-order valence-corrected chi connectivity index (χ1v) is 8.55. The third-order valence-electron chi connectivity index (χ3n) is 5.06. The number of nitrogens with two attached hydrogens (primary N) is 1. The minimum Gasteiger partial charge on any atom is -0.496 e. The molecule has 0 spiro atoms. The lowest BCUT2D eigenvalue weighted by atomic mass is 9.94. The number of benzene rings is 1. The number of nitrogens with zero attached hydrogens (tertiary/aromatic N) is 2. The maximum Gasteiger partial charge on any atom is 0.256 e. The minimum absolute atomic E-state index is 0.201. The summed E-state index contributed by atoms with van der Waals surface area (Å²) in [5.74, 6) is 2.21. The van der Waals surface area contributed by atoms with E-state index in [1.807, 2.05) is 18.2 Å². The van der Waals surface area contributed by atoms with E-state index in [1.54, 1.807) is 7.11 Å². The largest absolute Gasteiger partial charge is 0.496 e. The summed E-state index contributed by atoms with van der Waals surface area (Å²) in [7, 11) is 1.66. The predicted octanol–water partition coefficient (Wildman–Crippen LogP) is 2.85. The Hall–Kier alpha value is -1.63. The molecular formula is C17H20ClN3O3. The molecule has 2 fully saturated rings.